The molecule has 13 heteroatoms. The zero-order valence-electron chi connectivity index (χ0n) is 17.3. The number of sulfone groups is 1. The largest absolute Gasteiger partial charge is 0.382 e. The fourth-order valence-corrected chi connectivity index (χ4v) is 6.36. The molecule has 2 saturated heterocycles. The number of fused-ring (bicyclic) bond motifs is 1. The second-order valence-corrected chi connectivity index (χ2v) is 10.6. The molecule has 2 aliphatic heterocycles. The summed E-state index contributed by atoms with van der Waals surface area (Å²) in [5.41, 5.74) is 12.4. The maximum absolute atomic E-state index is 13.3. The van der Waals surface area contributed by atoms with Crippen molar-refractivity contribution in [2.24, 2.45) is 11.1 Å². The second-order valence-electron chi connectivity index (χ2n) is 8.32. The molecule has 0 aromatic carbocycles. The summed E-state index contributed by atoms with van der Waals surface area (Å²) in [7, 11) is -4.07. The number of halogens is 1. The molecule has 2 atom stereocenters. The quantitative estimate of drug-likeness (QED) is 0.555. The highest BCUT2D eigenvalue weighted by molar-refractivity contribution is 7.91. The van der Waals surface area contributed by atoms with Crippen molar-refractivity contribution in [3.8, 4) is 0 Å². The first kappa shape index (κ1) is 21.3. The lowest BCUT2D eigenvalue weighted by Crippen LogP contribution is -2.50. The van der Waals surface area contributed by atoms with Crippen molar-refractivity contribution < 1.29 is 13.2 Å². The van der Waals surface area contributed by atoms with Crippen LogP contribution in [0.5, 0.6) is 0 Å². The number of nitrogen functional groups attached to an aromatic ring is 1. The average Bonchev–Trinajstić information content (AvgIpc) is 3.37. The third kappa shape index (κ3) is 3.12. The van der Waals surface area contributed by atoms with Crippen molar-refractivity contribution >= 4 is 38.7 Å². The van der Waals surface area contributed by atoms with Crippen molar-refractivity contribution in [1.29, 1.82) is 0 Å². The number of nitrogens with two attached hydrogens (primary N) is 2. The van der Waals surface area contributed by atoms with E-state index in [1.165, 1.54) is 29.3 Å². The maximum atomic E-state index is 13.3. The number of hydrogen-bond acceptors (Lipinski definition) is 10. The maximum Gasteiger partial charge on any atom is 0.227 e. The second kappa shape index (κ2) is 7.51. The normalized spacial score (nSPS) is 23.3. The molecule has 170 valence electrons. The van der Waals surface area contributed by atoms with Gasteiger partial charge in [0.25, 0.3) is 0 Å². The lowest BCUT2D eigenvalue weighted by molar-refractivity contribution is 0.0974. The van der Waals surface area contributed by atoms with E-state index in [-0.39, 0.29) is 38.3 Å². The Labute approximate surface area is 189 Å². The average molecular weight is 479 g/mol. The van der Waals surface area contributed by atoms with Gasteiger partial charge in [-0.25, -0.2) is 23.4 Å². The molecule has 0 amide bonds. The minimum absolute atomic E-state index is 0.00390. The number of rotatable bonds is 3. The fourth-order valence-electron chi connectivity index (χ4n) is 4.59. The van der Waals surface area contributed by atoms with Gasteiger partial charge in [-0.3, -0.25) is 0 Å². The van der Waals surface area contributed by atoms with E-state index in [0.29, 0.717) is 31.2 Å². The van der Waals surface area contributed by atoms with Crippen LogP contribution in [-0.2, 0) is 14.6 Å². The SMILES string of the molecule is C[C@@H]1OCC2(CCN(c3ncc(S(=O)(=O)c4ccnc(N)c4Cl)n4ncnc34)CC2)[C@@H]1N. The number of aromatic nitrogens is 5. The zero-order valence-corrected chi connectivity index (χ0v) is 18.9. The summed E-state index contributed by atoms with van der Waals surface area (Å²) in [6, 6.07) is 1.29. The van der Waals surface area contributed by atoms with Crippen LogP contribution in [0.1, 0.15) is 19.8 Å². The number of piperidine rings is 1. The lowest BCUT2D eigenvalue weighted by atomic mass is 9.73. The van der Waals surface area contributed by atoms with Crippen LogP contribution < -0.4 is 16.4 Å². The van der Waals surface area contributed by atoms with E-state index in [1.807, 2.05) is 6.92 Å². The van der Waals surface area contributed by atoms with Gasteiger partial charge in [0.15, 0.2) is 16.5 Å². The van der Waals surface area contributed by atoms with Crippen LogP contribution >= 0.6 is 11.6 Å². The standard InChI is InChI=1S/C19H23ClN8O3S/c1-11-15(21)19(9-31-11)3-6-27(7-4-19)17-18-25-10-26-28(18)13(8-24-17)32(29,30)12-2-5-23-16(22)14(12)20/h2,5,8,10-11,15H,3-4,6-7,9,21H2,1H3,(H2,22,23)/t11-,15+/m0/s1. The van der Waals surface area contributed by atoms with Crippen LogP contribution in [0, 0.1) is 5.41 Å². The van der Waals surface area contributed by atoms with Crippen molar-refractivity contribution in [3.05, 3.63) is 29.8 Å². The third-order valence-corrected chi connectivity index (χ3v) is 8.86. The molecule has 0 saturated carbocycles. The summed E-state index contributed by atoms with van der Waals surface area (Å²) in [5.74, 6) is 0.495. The number of nitrogens with zero attached hydrogens (tertiary/aromatic N) is 6. The van der Waals surface area contributed by atoms with E-state index >= 15 is 0 Å². The number of ether oxygens (including phenoxy) is 1. The Morgan fingerprint density at radius 3 is 2.69 bits per heavy atom. The first-order valence-corrected chi connectivity index (χ1v) is 12.1. The highest BCUT2D eigenvalue weighted by Crippen LogP contribution is 2.42. The van der Waals surface area contributed by atoms with Crippen LogP contribution in [0.2, 0.25) is 5.02 Å². The van der Waals surface area contributed by atoms with Crippen molar-refractivity contribution in [2.75, 3.05) is 30.3 Å². The minimum Gasteiger partial charge on any atom is -0.382 e. The summed E-state index contributed by atoms with van der Waals surface area (Å²) < 4.78 is 33.7. The molecule has 5 rings (SSSR count). The van der Waals surface area contributed by atoms with Gasteiger partial charge in [0.2, 0.25) is 9.84 Å². The number of hydrogen-bond donors (Lipinski definition) is 2. The summed E-state index contributed by atoms with van der Waals surface area (Å²) in [4.78, 5) is 14.5. The van der Waals surface area contributed by atoms with Gasteiger partial charge in [-0.15, -0.1) is 0 Å². The Bertz CT molecular complexity index is 1290. The minimum atomic E-state index is -4.07. The van der Waals surface area contributed by atoms with Gasteiger partial charge >= 0.3 is 0 Å². The van der Waals surface area contributed by atoms with Crippen LogP contribution in [0.3, 0.4) is 0 Å². The lowest BCUT2D eigenvalue weighted by Gasteiger charge is -2.41. The highest BCUT2D eigenvalue weighted by atomic mass is 35.5. The van der Waals surface area contributed by atoms with E-state index in [9.17, 15) is 8.42 Å². The number of anilines is 2. The van der Waals surface area contributed by atoms with Gasteiger partial charge in [0.1, 0.15) is 17.2 Å². The molecule has 3 aromatic heterocycles. The molecular formula is C19H23ClN8O3S. The predicted molar refractivity (Wildman–Crippen MR) is 117 cm³/mol. The van der Waals surface area contributed by atoms with Crippen molar-refractivity contribution in [3.63, 3.8) is 0 Å². The zero-order chi connectivity index (χ0) is 22.7. The molecule has 0 bridgehead atoms. The van der Waals surface area contributed by atoms with E-state index in [4.69, 9.17) is 27.8 Å². The van der Waals surface area contributed by atoms with E-state index in [1.54, 1.807) is 0 Å². The molecule has 2 fully saturated rings. The van der Waals surface area contributed by atoms with Crippen LogP contribution in [-0.4, -0.2) is 64.8 Å². The van der Waals surface area contributed by atoms with Gasteiger partial charge in [-0.2, -0.15) is 9.61 Å². The summed E-state index contributed by atoms with van der Waals surface area (Å²) in [5, 5.41) is 3.84. The molecule has 5 heterocycles. The van der Waals surface area contributed by atoms with Gasteiger partial charge in [0.05, 0.1) is 23.8 Å². The van der Waals surface area contributed by atoms with Crippen molar-refractivity contribution in [2.45, 2.75) is 41.8 Å². The third-order valence-electron chi connectivity index (χ3n) is 6.60. The summed E-state index contributed by atoms with van der Waals surface area (Å²) in [6.45, 7) is 4.08. The Morgan fingerprint density at radius 1 is 1.25 bits per heavy atom. The van der Waals surface area contributed by atoms with Gasteiger partial charge in [-0.05, 0) is 25.8 Å². The smallest absolute Gasteiger partial charge is 0.227 e. The van der Waals surface area contributed by atoms with Gasteiger partial charge in [-0.1, -0.05) is 11.6 Å². The highest BCUT2D eigenvalue weighted by Gasteiger charge is 2.47. The molecule has 4 N–H and O–H groups in total. The first-order valence-electron chi connectivity index (χ1n) is 10.2. The molecule has 32 heavy (non-hydrogen) atoms. The number of pyridine rings is 1. The molecule has 3 aromatic rings. The van der Waals surface area contributed by atoms with E-state index in [0.717, 1.165) is 12.8 Å². The molecule has 2 aliphatic rings. The van der Waals surface area contributed by atoms with E-state index in [2.05, 4.69) is 25.0 Å². The van der Waals surface area contributed by atoms with Gasteiger partial charge in [0, 0.05) is 30.7 Å². The molecular weight excluding hydrogens is 456 g/mol. The van der Waals surface area contributed by atoms with Crippen LogP contribution in [0.4, 0.5) is 11.6 Å². The molecule has 11 nitrogen and oxygen atoms in total. The molecule has 0 radical (unpaired) electrons. The molecule has 0 aliphatic carbocycles. The Kier molecular flexibility index (Phi) is 5.00. The van der Waals surface area contributed by atoms with Crippen LogP contribution in [0.25, 0.3) is 5.65 Å². The summed E-state index contributed by atoms with van der Waals surface area (Å²) >= 11 is 6.13. The Balaban J connectivity index is 1.49. The van der Waals surface area contributed by atoms with Crippen LogP contribution in [0.15, 0.2) is 34.7 Å². The Morgan fingerprint density at radius 2 is 2.00 bits per heavy atom. The monoisotopic (exact) mass is 478 g/mol. The fraction of sp³-hybridized carbons (Fsp3) is 0.474. The molecule has 0 unspecified atom stereocenters. The molecule has 1 spiro atoms. The van der Waals surface area contributed by atoms with Crippen molar-refractivity contribution in [1.82, 2.24) is 24.6 Å². The van der Waals surface area contributed by atoms with Gasteiger partial charge < -0.3 is 21.1 Å². The Hall–Kier alpha value is -2.54. The topological polar surface area (TPSA) is 155 Å². The van der Waals surface area contributed by atoms with E-state index < -0.39 is 9.84 Å². The summed E-state index contributed by atoms with van der Waals surface area (Å²) in [6.07, 6.45) is 5.61. The first-order chi connectivity index (χ1) is 15.2. The predicted octanol–water partition coefficient (Wildman–Crippen LogP) is 0.920.